The minimum Gasteiger partial charge on any atom is -0.355 e. The molecule has 0 radical (unpaired) electrons. The fraction of sp³-hybridized carbons (Fsp3) is 0.636. The first-order valence-electron chi connectivity index (χ1n) is 5.91. The predicted molar refractivity (Wildman–Crippen MR) is 79.0 cm³/mol. The molecule has 19 heavy (non-hydrogen) atoms. The molecule has 0 saturated carbocycles. The molecule has 0 spiro atoms. The van der Waals surface area contributed by atoms with Crippen molar-refractivity contribution in [3.8, 4) is 0 Å². The van der Waals surface area contributed by atoms with E-state index >= 15 is 0 Å². The molecule has 0 aliphatic carbocycles. The van der Waals surface area contributed by atoms with Gasteiger partial charge in [-0.15, -0.1) is 0 Å². The van der Waals surface area contributed by atoms with E-state index < -0.39 is 10.0 Å². The van der Waals surface area contributed by atoms with E-state index in [1.165, 1.54) is 12.4 Å². The number of aromatic nitrogens is 2. The largest absolute Gasteiger partial charge is 0.355 e. The van der Waals surface area contributed by atoms with Crippen LogP contribution in [-0.2, 0) is 10.0 Å². The van der Waals surface area contributed by atoms with Crippen molar-refractivity contribution < 1.29 is 8.42 Å². The quantitative estimate of drug-likeness (QED) is 0.790. The summed E-state index contributed by atoms with van der Waals surface area (Å²) in [7, 11) is -3.55. The van der Waals surface area contributed by atoms with Gasteiger partial charge in [0.25, 0.3) is 0 Å². The predicted octanol–water partition coefficient (Wildman–Crippen LogP) is 1.33. The van der Waals surface area contributed by atoms with Crippen LogP contribution in [-0.4, -0.2) is 42.5 Å². The second kappa shape index (κ2) is 6.53. The molecular formula is C11H20N4O2S2. The molecule has 2 N–H and O–H groups in total. The fourth-order valence-electron chi connectivity index (χ4n) is 1.13. The number of sulfonamides is 1. The van der Waals surface area contributed by atoms with Crippen molar-refractivity contribution in [2.24, 2.45) is 0 Å². The zero-order chi connectivity index (χ0) is 14.5. The summed E-state index contributed by atoms with van der Waals surface area (Å²) in [6.07, 6.45) is 4.56. The zero-order valence-electron chi connectivity index (χ0n) is 11.6. The molecule has 1 rings (SSSR count). The van der Waals surface area contributed by atoms with Gasteiger partial charge in [-0.3, -0.25) is 0 Å². The van der Waals surface area contributed by atoms with Gasteiger partial charge in [0.2, 0.25) is 16.0 Å². The lowest BCUT2D eigenvalue weighted by molar-refractivity contribution is 0.570. The van der Waals surface area contributed by atoms with Gasteiger partial charge >= 0.3 is 0 Å². The molecule has 8 heteroatoms. The number of nitrogens with one attached hydrogen (secondary N) is 2. The lowest BCUT2D eigenvalue weighted by atomic mass is 10.2. The van der Waals surface area contributed by atoms with Crippen LogP contribution < -0.4 is 10.0 Å². The van der Waals surface area contributed by atoms with Gasteiger partial charge in [-0.1, -0.05) is 0 Å². The van der Waals surface area contributed by atoms with Gasteiger partial charge in [-0.25, -0.2) is 23.1 Å². The first kappa shape index (κ1) is 16.2. The van der Waals surface area contributed by atoms with Gasteiger partial charge in [0.1, 0.15) is 4.90 Å². The highest BCUT2D eigenvalue weighted by molar-refractivity contribution is 8.00. The van der Waals surface area contributed by atoms with E-state index in [1.807, 2.05) is 27.0 Å². The standard InChI is InChI=1S/C11H20N4O2S2/c1-5-12-10-13-6-9(7-14-10)19(16,17)15-8-11(2,3)18-4/h6-7,15H,5,8H2,1-4H3,(H,12,13,14). The molecule has 0 atom stereocenters. The number of rotatable bonds is 7. The Morgan fingerprint density at radius 2 is 1.89 bits per heavy atom. The van der Waals surface area contributed by atoms with Gasteiger partial charge in [0, 0.05) is 17.8 Å². The van der Waals surface area contributed by atoms with E-state index in [0.29, 0.717) is 19.0 Å². The third kappa shape index (κ3) is 4.96. The average Bonchev–Trinajstić information content (AvgIpc) is 2.38. The lowest BCUT2D eigenvalue weighted by Crippen LogP contribution is -2.36. The van der Waals surface area contributed by atoms with Crippen molar-refractivity contribution in [3.63, 3.8) is 0 Å². The van der Waals surface area contributed by atoms with Crippen LogP contribution in [0.2, 0.25) is 0 Å². The molecule has 6 nitrogen and oxygen atoms in total. The normalized spacial score (nSPS) is 12.4. The summed E-state index contributed by atoms with van der Waals surface area (Å²) >= 11 is 1.60. The summed E-state index contributed by atoms with van der Waals surface area (Å²) in [6.45, 7) is 6.91. The van der Waals surface area contributed by atoms with E-state index in [-0.39, 0.29) is 9.64 Å². The van der Waals surface area contributed by atoms with E-state index in [9.17, 15) is 8.42 Å². The summed E-state index contributed by atoms with van der Waals surface area (Å²) < 4.78 is 26.5. The van der Waals surface area contributed by atoms with Crippen molar-refractivity contribution in [1.29, 1.82) is 0 Å². The Kier molecular flexibility index (Phi) is 5.57. The first-order valence-corrected chi connectivity index (χ1v) is 8.62. The van der Waals surface area contributed by atoms with Crippen LogP contribution in [0.1, 0.15) is 20.8 Å². The minimum absolute atomic E-state index is 0.0751. The molecule has 1 aromatic heterocycles. The maximum atomic E-state index is 12.0. The van der Waals surface area contributed by atoms with Gasteiger partial charge in [0.05, 0.1) is 12.4 Å². The van der Waals surface area contributed by atoms with Crippen molar-refractivity contribution in [3.05, 3.63) is 12.4 Å². The van der Waals surface area contributed by atoms with Gasteiger partial charge in [-0.05, 0) is 27.0 Å². The molecular weight excluding hydrogens is 284 g/mol. The first-order chi connectivity index (χ1) is 8.80. The maximum Gasteiger partial charge on any atom is 0.243 e. The Bertz CT molecular complexity index is 500. The molecule has 0 saturated heterocycles. The second-order valence-corrected chi connectivity index (χ2v) is 7.84. The van der Waals surface area contributed by atoms with E-state index in [1.54, 1.807) is 11.8 Å². The zero-order valence-corrected chi connectivity index (χ0v) is 13.2. The highest BCUT2D eigenvalue weighted by Crippen LogP contribution is 2.20. The molecule has 108 valence electrons. The van der Waals surface area contributed by atoms with E-state index in [4.69, 9.17) is 0 Å². The highest BCUT2D eigenvalue weighted by atomic mass is 32.2. The van der Waals surface area contributed by atoms with Crippen molar-refractivity contribution in [1.82, 2.24) is 14.7 Å². The number of thioether (sulfide) groups is 1. The molecule has 0 aromatic carbocycles. The second-order valence-electron chi connectivity index (χ2n) is 4.56. The van der Waals surface area contributed by atoms with Crippen molar-refractivity contribution >= 4 is 27.7 Å². The topological polar surface area (TPSA) is 84.0 Å². The Hall–Kier alpha value is -0.860. The lowest BCUT2D eigenvalue weighted by Gasteiger charge is -2.22. The van der Waals surface area contributed by atoms with E-state index in [0.717, 1.165) is 0 Å². The van der Waals surface area contributed by atoms with Crippen LogP contribution in [0.15, 0.2) is 17.3 Å². The molecule has 0 unspecified atom stereocenters. The van der Waals surface area contributed by atoms with Crippen LogP contribution in [0.25, 0.3) is 0 Å². The summed E-state index contributed by atoms with van der Waals surface area (Å²) in [5, 5.41) is 2.91. The molecule has 0 aliphatic heterocycles. The molecule has 0 fully saturated rings. The van der Waals surface area contributed by atoms with Crippen LogP contribution in [0, 0.1) is 0 Å². The summed E-state index contributed by atoms with van der Waals surface area (Å²) in [4.78, 5) is 7.98. The molecule has 1 heterocycles. The summed E-state index contributed by atoms with van der Waals surface area (Å²) in [5.74, 6) is 0.422. The summed E-state index contributed by atoms with van der Waals surface area (Å²) in [5.41, 5.74) is 0. The average molecular weight is 304 g/mol. The van der Waals surface area contributed by atoms with Crippen LogP contribution in [0.4, 0.5) is 5.95 Å². The monoisotopic (exact) mass is 304 g/mol. The number of hydrogen-bond donors (Lipinski definition) is 2. The Morgan fingerprint density at radius 1 is 1.32 bits per heavy atom. The molecule has 1 aromatic rings. The summed E-state index contributed by atoms with van der Waals surface area (Å²) in [6, 6.07) is 0. The number of anilines is 1. The van der Waals surface area contributed by atoms with Gasteiger partial charge < -0.3 is 5.32 Å². The third-order valence-electron chi connectivity index (χ3n) is 2.51. The van der Waals surface area contributed by atoms with Crippen molar-refractivity contribution in [2.45, 2.75) is 30.4 Å². The highest BCUT2D eigenvalue weighted by Gasteiger charge is 2.21. The van der Waals surface area contributed by atoms with Gasteiger partial charge in [-0.2, -0.15) is 11.8 Å². The van der Waals surface area contributed by atoms with Crippen molar-refractivity contribution in [2.75, 3.05) is 24.7 Å². The number of nitrogens with zero attached hydrogens (tertiary/aromatic N) is 2. The molecule has 0 bridgehead atoms. The van der Waals surface area contributed by atoms with Crippen LogP contribution in [0.5, 0.6) is 0 Å². The maximum absolute atomic E-state index is 12.0. The molecule has 0 amide bonds. The Labute approximate surface area is 118 Å². The minimum atomic E-state index is -3.55. The SMILES string of the molecule is CCNc1ncc(S(=O)(=O)NCC(C)(C)SC)cn1. The van der Waals surface area contributed by atoms with Crippen LogP contribution >= 0.6 is 11.8 Å². The molecule has 0 aliphatic rings. The third-order valence-corrected chi connectivity index (χ3v) is 5.12. The Morgan fingerprint density at radius 3 is 2.37 bits per heavy atom. The van der Waals surface area contributed by atoms with E-state index in [2.05, 4.69) is 20.0 Å². The van der Waals surface area contributed by atoms with Crippen LogP contribution in [0.3, 0.4) is 0 Å². The number of hydrogen-bond acceptors (Lipinski definition) is 6. The fourth-order valence-corrected chi connectivity index (χ4v) is 2.54. The Balaban J connectivity index is 2.77. The van der Waals surface area contributed by atoms with Gasteiger partial charge in [0.15, 0.2) is 0 Å². The smallest absolute Gasteiger partial charge is 0.243 e.